The van der Waals surface area contributed by atoms with Crippen molar-refractivity contribution >= 4 is 11.6 Å². The standard InChI is InChI=1S/C18H28N2O/c1-5-20(16-10-6-8-14(2)12-16)17(21)18(3,4)15-9-7-11-19-13-15/h6,8,10,12,15,19H,5,7,9,11,13H2,1-4H3. The predicted molar refractivity (Wildman–Crippen MR) is 88.6 cm³/mol. The highest BCUT2D eigenvalue weighted by atomic mass is 16.2. The molecule has 116 valence electrons. The first-order valence-electron chi connectivity index (χ1n) is 8.06. The summed E-state index contributed by atoms with van der Waals surface area (Å²) >= 11 is 0. The number of anilines is 1. The lowest BCUT2D eigenvalue weighted by molar-refractivity contribution is -0.129. The molecule has 1 fully saturated rings. The summed E-state index contributed by atoms with van der Waals surface area (Å²) < 4.78 is 0. The van der Waals surface area contributed by atoms with Crippen LogP contribution in [0, 0.1) is 18.3 Å². The molecule has 0 aliphatic carbocycles. The average Bonchev–Trinajstić information content (AvgIpc) is 2.49. The molecule has 1 amide bonds. The van der Waals surface area contributed by atoms with Gasteiger partial charge in [-0.25, -0.2) is 0 Å². The van der Waals surface area contributed by atoms with Crippen LogP contribution in [0.2, 0.25) is 0 Å². The summed E-state index contributed by atoms with van der Waals surface area (Å²) in [6.45, 7) is 11.1. The van der Waals surface area contributed by atoms with Gasteiger partial charge >= 0.3 is 0 Å². The lowest BCUT2D eigenvalue weighted by Gasteiger charge is -2.39. The van der Waals surface area contributed by atoms with Gasteiger partial charge in [-0.2, -0.15) is 0 Å². The number of amides is 1. The lowest BCUT2D eigenvalue weighted by atomic mass is 9.74. The third-order valence-electron chi connectivity index (χ3n) is 4.74. The second-order valence-corrected chi connectivity index (χ2v) is 6.65. The van der Waals surface area contributed by atoms with Gasteiger partial charge in [0.25, 0.3) is 0 Å². The Balaban J connectivity index is 2.22. The number of hydrogen-bond acceptors (Lipinski definition) is 2. The van der Waals surface area contributed by atoms with Crippen molar-refractivity contribution in [1.82, 2.24) is 5.32 Å². The summed E-state index contributed by atoms with van der Waals surface area (Å²) in [5.41, 5.74) is 1.88. The van der Waals surface area contributed by atoms with Gasteiger partial charge in [0.2, 0.25) is 5.91 Å². The summed E-state index contributed by atoms with van der Waals surface area (Å²) in [4.78, 5) is 15.0. The number of nitrogens with zero attached hydrogens (tertiary/aromatic N) is 1. The minimum Gasteiger partial charge on any atom is -0.316 e. The zero-order valence-electron chi connectivity index (χ0n) is 13.8. The highest BCUT2D eigenvalue weighted by molar-refractivity contribution is 5.97. The Labute approximate surface area is 128 Å². The minimum absolute atomic E-state index is 0.240. The summed E-state index contributed by atoms with van der Waals surface area (Å²) in [6.07, 6.45) is 2.30. The third-order valence-corrected chi connectivity index (χ3v) is 4.74. The maximum absolute atomic E-state index is 13.1. The quantitative estimate of drug-likeness (QED) is 0.921. The van der Waals surface area contributed by atoms with Crippen molar-refractivity contribution in [3.8, 4) is 0 Å². The molecule has 1 N–H and O–H groups in total. The predicted octanol–water partition coefficient (Wildman–Crippen LogP) is 3.37. The van der Waals surface area contributed by atoms with Crippen LogP contribution in [0.3, 0.4) is 0 Å². The highest BCUT2D eigenvalue weighted by Crippen LogP contribution is 2.35. The van der Waals surface area contributed by atoms with E-state index >= 15 is 0 Å². The fourth-order valence-electron chi connectivity index (χ4n) is 3.23. The van der Waals surface area contributed by atoms with Crippen LogP contribution in [0.15, 0.2) is 24.3 Å². The monoisotopic (exact) mass is 288 g/mol. The Hall–Kier alpha value is -1.35. The molecule has 1 atom stereocenters. The SMILES string of the molecule is CCN(C(=O)C(C)(C)C1CCCNC1)c1cccc(C)c1. The normalized spacial score (nSPS) is 19.3. The van der Waals surface area contributed by atoms with Crippen LogP contribution in [-0.4, -0.2) is 25.5 Å². The van der Waals surface area contributed by atoms with E-state index in [2.05, 4.69) is 45.1 Å². The maximum atomic E-state index is 13.1. The Kier molecular flexibility index (Phi) is 5.04. The first-order valence-corrected chi connectivity index (χ1v) is 8.06. The van der Waals surface area contributed by atoms with E-state index in [9.17, 15) is 4.79 Å². The summed E-state index contributed by atoms with van der Waals surface area (Å²) in [7, 11) is 0. The van der Waals surface area contributed by atoms with Crippen LogP contribution in [0.4, 0.5) is 5.69 Å². The molecule has 1 aliphatic rings. The van der Waals surface area contributed by atoms with Crippen LogP contribution < -0.4 is 10.2 Å². The van der Waals surface area contributed by atoms with E-state index in [0.717, 1.165) is 31.6 Å². The molecule has 0 saturated carbocycles. The smallest absolute Gasteiger partial charge is 0.232 e. The second-order valence-electron chi connectivity index (χ2n) is 6.65. The van der Waals surface area contributed by atoms with Gasteiger partial charge in [-0.1, -0.05) is 26.0 Å². The van der Waals surface area contributed by atoms with E-state index in [1.54, 1.807) is 0 Å². The summed E-state index contributed by atoms with van der Waals surface area (Å²) in [6, 6.07) is 8.22. The Morgan fingerprint density at radius 1 is 1.43 bits per heavy atom. The lowest BCUT2D eigenvalue weighted by Crippen LogP contribution is -2.49. The highest BCUT2D eigenvalue weighted by Gasteiger charge is 2.39. The summed E-state index contributed by atoms with van der Waals surface area (Å²) in [5, 5.41) is 3.43. The number of benzene rings is 1. The number of carbonyl (C=O) groups excluding carboxylic acids is 1. The van der Waals surface area contributed by atoms with E-state index in [1.807, 2.05) is 17.0 Å². The summed E-state index contributed by atoms with van der Waals surface area (Å²) in [5.74, 6) is 0.655. The molecule has 1 saturated heterocycles. The van der Waals surface area contributed by atoms with E-state index in [4.69, 9.17) is 0 Å². The molecule has 21 heavy (non-hydrogen) atoms. The fraction of sp³-hybridized carbons (Fsp3) is 0.611. The minimum atomic E-state index is -0.326. The topological polar surface area (TPSA) is 32.3 Å². The van der Waals surface area contributed by atoms with E-state index in [1.165, 1.54) is 5.56 Å². The van der Waals surface area contributed by atoms with Crippen LogP contribution >= 0.6 is 0 Å². The van der Waals surface area contributed by atoms with E-state index in [-0.39, 0.29) is 11.3 Å². The first-order chi connectivity index (χ1) is 9.96. The number of aryl methyl sites for hydroxylation is 1. The van der Waals surface area contributed by atoms with Crippen molar-refractivity contribution in [1.29, 1.82) is 0 Å². The molecule has 1 aromatic rings. The molecule has 0 aromatic heterocycles. The second kappa shape index (κ2) is 6.61. The molecule has 3 heteroatoms. The molecular formula is C18H28N2O. The number of piperidine rings is 1. The molecule has 0 bridgehead atoms. The van der Waals surface area contributed by atoms with Gasteiger partial charge in [0.15, 0.2) is 0 Å². The number of rotatable bonds is 4. The number of hydrogen-bond donors (Lipinski definition) is 1. The molecule has 0 spiro atoms. The molecule has 3 nitrogen and oxygen atoms in total. The van der Waals surface area contributed by atoms with E-state index in [0.29, 0.717) is 12.5 Å². The van der Waals surface area contributed by atoms with Crippen LogP contribution in [0.5, 0.6) is 0 Å². The molecule has 1 aliphatic heterocycles. The molecular weight excluding hydrogens is 260 g/mol. The molecule has 1 unspecified atom stereocenters. The van der Waals surface area contributed by atoms with Gasteiger partial charge in [-0.05, 0) is 63.4 Å². The molecule has 1 heterocycles. The van der Waals surface area contributed by atoms with Crippen molar-refractivity contribution < 1.29 is 4.79 Å². The Morgan fingerprint density at radius 3 is 2.76 bits per heavy atom. The van der Waals surface area contributed by atoms with Crippen molar-refractivity contribution in [3.05, 3.63) is 29.8 Å². The van der Waals surface area contributed by atoms with Gasteiger partial charge in [0, 0.05) is 17.6 Å². The zero-order valence-corrected chi connectivity index (χ0v) is 13.8. The largest absolute Gasteiger partial charge is 0.316 e. The van der Waals surface area contributed by atoms with Crippen molar-refractivity contribution in [2.75, 3.05) is 24.5 Å². The molecule has 0 radical (unpaired) electrons. The van der Waals surface area contributed by atoms with Crippen LogP contribution in [0.25, 0.3) is 0 Å². The Morgan fingerprint density at radius 2 is 2.19 bits per heavy atom. The van der Waals surface area contributed by atoms with Gasteiger partial charge in [-0.15, -0.1) is 0 Å². The van der Waals surface area contributed by atoms with Gasteiger partial charge < -0.3 is 10.2 Å². The average molecular weight is 288 g/mol. The fourth-order valence-corrected chi connectivity index (χ4v) is 3.23. The van der Waals surface area contributed by atoms with Crippen molar-refractivity contribution in [2.45, 2.75) is 40.5 Å². The third kappa shape index (κ3) is 3.46. The molecule has 1 aromatic carbocycles. The van der Waals surface area contributed by atoms with Gasteiger partial charge in [0.1, 0.15) is 0 Å². The Bertz CT molecular complexity index is 490. The van der Waals surface area contributed by atoms with Crippen molar-refractivity contribution in [2.24, 2.45) is 11.3 Å². The van der Waals surface area contributed by atoms with Crippen molar-refractivity contribution in [3.63, 3.8) is 0 Å². The molecule has 2 rings (SSSR count). The maximum Gasteiger partial charge on any atom is 0.232 e. The number of carbonyl (C=O) groups is 1. The first kappa shape index (κ1) is 16.0. The van der Waals surface area contributed by atoms with Gasteiger partial charge in [0.05, 0.1) is 0 Å². The van der Waals surface area contributed by atoms with Gasteiger partial charge in [-0.3, -0.25) is 4.79 Å². The van der Waals surface area contributed by atoms with Crippen LogP contribution in [-0.2, 0) is 4.79 Å². The van der Waals surface area contributed by atoms with Crippen LogP contribution in [0.1, 0.15) is 39.2 Å². The zero-order chi connectivity index (χ0) is 15.5. The number of nitrogens with one attached hydrogen (secondary N) is 1. The van der Waals surface area contributed by atoms with E-state index < -0.39 is 0 Å².